The van der Waals surface area contributed by atoms with Gasteiger partial charge in [0.15, 0.2) is 11.0 Å². The molecule has 1 amide bonds. The quantitative estimate of drug-likeness (QED) is 0.601. The molecule has 0 bridgehead atoms. The topological polar surface area (TPSA) is 69.0 Å². The van der Waals surface area contributed by atoms with Crippen molar-refractivity contribution in [2.45, 2.75) is 11.7 Å². The van der Waals surface area contributed by atoms with Crippen LogP contribution in [0.5, 0.6) is 5.75 Å². The van der Waals surface area contributed by atoms with E-state index in [9.17, 15) is 4.79 Å². The maximum absolute atomic E-state index is 12.4. The van der Waals surface area contributed by atoms with Crippen molar-refractivity contribution in [3.63, 3.8) is 0 Å². The van der Waals surface area contributed by atoms with Crippen LogP contribution in [-0.2, 0) is 6.54 Å². The number of hydrogen-bond acceptors (Lipinski definition) is 5. The van der Waals surface area contributed by atoms with Crippen LogP contribution in [0.15, 0.2) is 47.6 Å². The Morgan fingerprint density at radius 3 is 2.70 bits per heavy atom. The first-order valence-electron chi connectivity index (χ1n) is 7.89. The lowest BCUT2D eigenvalue weighted by molar-refractivity contribution is 0.0949. The average Bonchev–Trinajstić information content (AvgIpc) is 3.11. The molecular weight excluding hydrogens is 407 g/mol. The lowest BCUT2D eigenvalue weighted by Crippen LogP contribution is -2.24. The SMILES string of the molecule is COc1cccc(C(=O)NCc2nnc(SC)n2-c2ccc(Cl)c(Cl)c2)c1. The summed E-state index contributed by atoms with van der Waals surface area (Å²) in [5.74, 6) is 0.962. The third-order valence-electron chi connectivity index (χ3n) is 3.78. The van der Waals surface area contributed by atoms with Crippen LogP contribution in [-0.4, -0.2) is 34.0 Å². The maximum Gasteiger partial charge on any atom is 0.251 e. The van der Waals surface area contributed by atoms with Gasteiger partial charge in [0, 0.05) is 5.56 Å². The molecule has 140 valence electrons. The number of nitrogens with one attached hydrogen (secondary N) is 1. The van der Waals surface area contributed by atoms with Gasteiger partial charge in [-0.25, -0.2) is 0 Å². The highest BCUT2D eigenvalue weighted by Gasteiger charge is 2.16. The minimum atomic E-state index is -0.233. The summed E-state index contributed by atoms with van der Waals surface area (Å²) in [6, 6.07) is 12.2. The highest BCUT2D eigenvalue weighted by atomic mass is 35.5. The molecule has 2 aromatic carbocycles. The Balaban J connectivity index is 1.84. The lowest BCUT2D eigenvalue weighted by Gasteiger charge is -2.11. The molecule has 1 heterocycles. The number of carbonyl (C=O) groups excluding carboxylic acids is 1. The Morgan fingerprint density at radius 2 is 2.00 bits per heavy atom. The smallest absolute Gasteiger partial charge is 0.251 e. The van der Waals surface area contributed by atoms with Crippen molar-refractivity contribution in [2.75, 3.05) is 13.4 Å². The van der Waals surface area contributed by atoms with Crippen LogP contribution in [0, 0.1) is 0 Å². The highest BCUT2D eigenvalue weighted by Crippen LogP contribution is 2.27. The number of nitrogens with zero attached hydrogens (tertiary/aromatic N) is 3. The van der Waals surface area contributed by atoms with Crippen molar-refractivity contribution in [2.24, 2.45) is 0 Å². The molecule has 0 aliphatic heterocycles. The summed E-state index contributed by atoms with van der Waals surface area (Å²) >= 11 is 13.6. The summed E-state index contributed by atoms with van der Waals surface area (Å²) in [7, 11) is 1.56. The Bertz CT molecular complexity index is 978. The summed E-state index contributed by atoms with van der Waals surface area (Å²) in [5.41, 5.74) is 1.27. The minimum Gasteiger partial charge on any atom is -0.497 e. The molecule has 9 heteroatoms. The van der Waals surface area contributed by atoms with E-state index in [0.717, 1.165) is 5.69 Å². The minimum absolute atomic E-state index is 0.198. The molecule has 0 saturated carbocycles. The van der Waals surface area contributed by atoms with E-state index in [1.807, 2.05) is 16.9 Å². The Morgan fingerprint density at radius 1 is 1.19 bits per heavy atom. The van der Waals surface area contributed by atoms with E-state index < -0.39 is 0 Å². The van der Waals surface area contributed by atoms with Gasteiger partial charge in [0.1, 0.15) is 5.75 Å². The second-order valence-electron chi connectivity index (χ2n) is 5.45. The first-order valence-corrected chi connectivity index (χ1v) is 9.87. The first-order chi connectivity index (χ1) is 13.0. The van der Waals surface area contributed by atoms with Crippen LogP contribution in [0.1, 0.15) is 16.2 Å². The fourth-order valence-corrected chi connectivity index (χ4v) is 3.26. The zero-order chi connectivity index (χ0) is 19.4. The van der Waals surface area contributed by atoms with Crippen LogP contribution in [0.4, 0.5) is 0 Å². The van der Waals surface area contributed by atoms with Crippen LogP contribution in [0.25, 0.3) is 5.69 Å². The molecule has 3 aromatic rings. The zero-order valence-electron chi connectivity index (χ0n) is 14.6. The third-order valence-corrected chi connectivity index (χ3v) is 5.15. The summed E-state index contributed by atoms with van der Waals surface area (Å²) in [5, 5.41) is 12.8. The fraction of sp³-hybridized carbons (Fsp3) is 0.167. The summed E-state index contributed by atoms with van der Waals surface area (Å²) in [4.78, 5) is 12.4. The number of hydrogen-bond donors (Lipinski definition) is 1. The van der Waals surface area contributed by atoms with E-state index in [4.69, 9.17) is 27.9 Å². The Kier molecular flexibility index (Phi) is 6.26. The lowest BCUT2D eigenvalue weighted by atomic mass is 10.2. The molecule has 3 rings (SSSR count). The molecule has 0 unspecified atom stereocenters. The highest BCUT2D eigenvalue weighted by molar-refractivity contribution is 7.98. The first kappa shape index (κ1) is 19.5. The van der Waals surface area contributed by atoms with Crippen molar-refractivity contribution in [1.29, 1.82) is 0 Å². The molecular formula is C18H16Cl2N4O2S. The number of rotatable bonds is 6. The molecule has 1 N–H and O–H groups in total. The van der Waals surface area contributed by atoms with E-state index >= 15 is 0 Å². The van der Waals surface area contributed by atoms with Gasteiger partial charge in [0.25, 0.3) is 5.91 Å². The zero-order valence-corrected chi connectivity index (χ0v) is 16.9. The maximum atomic E-state index is 12.4. The van der Waals surface area contributed by atoms with Gasteiger partial charge in [-0.05, 0) is 42.7 Å². The normalized spacial score (nSPS) is 10.7. The molecule has 0 atom stereocenters. The van der Waals surface area contributed by atoms with Gasteiger partial charge >= 0.3 is 0 Å². The predicted molar refractivity (Wildman–Crippen MR) is 107 cm³/mol. The number of benzene rings is 2. The molecule has 0 saturated heterocycles. The van der Waals surface area contributed by atoms with Gasteiger partial charge in [-0.2, -0.15) is 0 Å². The second kappa shape index (κ2) is 8.65. The van der Waals surface area contributed by atoms with Gasteiger partial charge in [-0.1, -0.05) is 41.0 Å². The molecule has 1 aromatic heterocycles. The molecule has 27 heavy (non-hydrogen) atoms. The number of methoxy groups -OCH3 is 1. The predicted octanol–water partition coefficient (Wildman–Crippen LogP) is 4.23. The summed E-state index contributed by atoms with van der Waals surface area (Å²) in [6.07, 6.45) is 1.90. The number of aromatic nitrogens is 3. The fourth-order valence-electron chi connectivity index (χ4n) is 2.46. The van der Waals surface area contributed by atoms with Crippen LogP contribution in [0.3, 0.4) is 0 Å². The van der Waals surface area contributed by atoms with E-state index in [1.54, 1.807) is 43.5 Å². The van der Waals surface area contributed by atoms with E-state index in [1.165, 1.54) is 11.8 Å². The van der Waals surface area contributed by atoms with E-state index in [-0.39, 0.29) is 12.5 Å². The van der Waals surface area contributed by atoms with Crippen molar-refractivity contribution in [3.8, 4) is 11.4 Å². The van der Waals surface area contributed by atoms with Crippen molar-refractivity contribution >= 4 is 40.9 Å². The van der Waals surface area contributed by atoms with Gasteiger partial charge in [-0.3, -0.25) is 9.36 Å². The van der Waals surface area contributed by atoms with Crippen LogP contribution < -0.4 is 10.1 Å². The monoisotopic (exact) mass is 422 g/mol. The summed E-state index contributed by atoms with van der Waals surface area (Å²) in [6.45, 7) is 0.198. The second-order valence-corrected chi connectivity index (χ2v) is 7.04. The number of carbonyl (C=O) groups is 1. The number of thioether (sulfide) groups is 1. The number of amides is 1. The number of halogens is 2. The van der Waals surface area contributed by atoms with Crippen molar-refractivity contribution in [3.05, 3.63) is 63.9 Å². The van der Waals surface area contributed by atoms with Crippen molar-refractivity contribution in [1.82, 2.24) is 20.1 Å². The molecule has 6 nitrogen and oxygen atoms in total. The molecule has 0 radical (unpaired) electrons. The van der Waals surface area contributed by atoms with Gasteiger partial charge in [0.2, 0.25) is 0 Å². The van der Waals surface area contributed by atoms with E-state index in [2.05, 4.69) is 15.5 Å². The van der Waals surface area contributed by atoms with Gasteiger partial charge in [-0.15, -0.1) is 10.2 Å². The van der Waals surface area contributed by atoms with Crippen molar-refractivity contribution < 1.29 is 9.53 Å². The van der Waals surface area contributed by atoms with Crippen LogP contribution >= 0.6 is 35.0 Å². The Labute approximate surface area is 170 Å². The molecule has 0 aliphatic rings. The molecule has 0 fully saturated rings. The third kappa shape index (κ3) is 4.37. The average molecular weight is 423 g/mol. The van der Waals surface area contributed by atoms with Gasteiger partial charge in [0.05, 0.1) is 29.4 Å². The summed E-state index contributed by atoms with van der Waals surface area (Å²) < 4.78 is 6.98. The number of ether oxygens (including phenoxy) is 1. The van der Waals surface area contributed by atoms with Gasteiger partial charge < -0.3 is 10.1 Å². The molecule has 0 aliphatic carbocycles. The largest absolute Gasteiger partial charge is 0.497 e. The van der Waals surface area contributed by atoms with E-state index in [0.29, 0.717) is 32.3 Å². The Hall–Kier alpha value is -2.22. The standard InChI is InChI=1S/C18H16Cl2N4O2S/c1-26-13-5-3-4-11(8-13)17(25)21-10-16-22-23-18(27-2)24(16)12-6-7-14(19)15(20)9-12/h3-9H,10H2,1-2H3,(H,21,25). The molecule has 0 spiro atoms. The van der Waals surface area contributed by atoms with Crippen LogP contribution in [0.2, 0.25) is 10.0 Å².